The molecule has 0 fully saturated rings. The number of benzene rings is 3. The van der Waals surface area contributed by atoms with E-state index in [4.69, 9.17) is 4.74 Å². The van der Waals surface area contributed by atoms with Crippen LogP contribution in [0.5, 0.6) is 5.75 Å². The maximum atomic E-state index is 13.5. The van der Waals surface area contributed by atoms with Gasteiger partial charge in [0.25, 0.3) is 10.0 Å². The van der Waals surface area contributed by atoms with Crippen LogP contribution in [-0.4, -0.2) is 28.0 Å². The topological polar surface area (TPSA) is 75.7 Å². The molecule has 0 radical (unpaired) electrons. The molecule has 0 aliphatic carbocycles. The average molecular weight is 439 g/mol. The summed E-state index contributed by atoms with van der Waals surface area (Å²) in [4.78, 5) is 13.1. The SMILES string of the molecule is COc1ccc(C)cc1NC(=O)CN(c1ccccc1C)S(=O)(=O)c1ccc(C)cc1. The minimum atomic E-state index is -3.96. The summed E-state index contributed by atoms with van der Waals surface area (Å²) in [6, 6.07) is 19.1. The summed E-state index contributed by atoms with van der Waals surface area (Å²) in [6.07, 6.45) is 0. The number of hydrogen-bond acceptors (Lipinski definition) is 4. The van der Waals surface area contributed by atoms with Crippen LogP contribution >= 0.6 is 0 Å². The number of amides is 1. The van der Waals surface area contributed by atoms with E-state index in [0.717, 1.165) is 21.0 Å². The first-order valence-electron chi connectivity index (χ1n) is 9.82. The summed E-state index contributed by atoms with van der Waals surface area (Å²) in [5.74, 6) is 0.0330. The second-order valence-corrected chi connectivity index (χ2v) is 9.23. The molecule has 0 saturated heterocycles. The standard InChI is InChI=1S/C24H26N2O4S/c1-17-9-12-20(13-10-17)31(28,29)26(22-8-6-5-7-19(22)3)16-24(27)25-21-15-18(2)11-14-23(21)30-4/h5-15H,16H2,1-4H3,(H,25,27). The maximum Gasteiger partial charge on any atom is 0.264 e. The van der Waals surface area contributed by atoms with Gasteiger partial charge in [-0.05, 0) is 62.2 Å². The molecule has 0 aromatic heterocycles. The summed E-state index contributed by atoms with van der Waals surface area (Å²) in [5.41, 5.74) is 3.59. The Morgan fingerprint density at radius 1 is 0.935 bits per heavy atom. The van der Waals surface area contributed by atoms with Crippen LogP contribution in [0.15, 0.2) is 71.6 Å². The highest BCUT2D eigenvalue weighted by molar-refractivity contribution is 7.92. The maximum absolute atomic E-state index is 13.5. The van der Waals surface area contributed by atoms with Gasteiger partial charge in [0.05, 0.1) is 23.4 Å². The van der Waals surface area contributed by atoms with Crippen molar-refractivity contribution in [2.24, 2.45) is 0 Å². The van der Waals surface area contributed by atoms with Crippen LogP contribution in [0.1, 0.15) is 16.7 Å². The van der Waals surface area contributed by atoms with Crippen molar-refractivity contribution in [1.82, 2.24) is 0 Å². The van der Waals surface area contributed by atoms with E-state index >= 15 is 0 Å². The first kappa shape index (κ1) is 22.4. The second-order valence-electron chi connectivity index (χ2n) is 7.36. The fourth-order valence-electron chi connectivity index (χ4n) is 3.22. The Bertz CT molecular complexity index is 1190. The van der Waals surface area contributed by atoms with E-state index in [9.17, 15) is 13.2 Å². The van der Waals surface area contributed by atoms with Crippen LogP contribution in [0.2, 0.25) is 0 Å². The van der Waals surface area contributed by atoms with Gasteiger partial charge in [0.15, 0.2) is 0 Å². The number of sulfonamides is 1. The van der Waals surface area contributed by atoms with Gasteiger partial charge < -0.3 is 10.1 Å². The third kappa shape index (κ3) is 5.06. The minimum Gasteiger partial charge on any atom is -0.495 e. The van der Waals surface area contributed by atoms with E-state index in [1.807, 2.05) is 39.0 Å². The normalized spacial score (nSPS) is 11.1. The molecule has 0 aliphatic heterocycles. The van der Waals surface area contributed by atoms with E-state index in [0.29, 0.717) is 17.1 Å². The molecule has 31 heavy (non-hydrogen) atoms. The Labute approximate surface area is 183 Å². The number of anilines is 2. The van der Waals surface area contributed by atoms with Crippen LogP contribution in [-0.2, 0) is 14.8 Å². The Balaban J connectivity index is 1.98. The Hall–Kier alpha value is -3.32. The Morgan fingerprint density at radius 3 is 2.23 bits per heavy atom. The molecule has 1 N–H and O–H groups in total. The number of aryl methyl sites for hydroxylation is 3. The first-order valence-corrected chi connectivity index (χ1v) is 11.3. The summed E-state index contributed by atoms with van der Waals surface area (Å²) in [6.45, 7) is 5.22. The molecule has 0 saturated carbocycles. The number of para-hydroxylation sites is 1. The van der Waals surface area contributed by atoms with E-state index in [-0.39, 0.29) is 11.4 Å². The van der Waals surface area contributed by atoms with E-state index in [1.54, 1.807) is 48.5 Å². The summed E-state index contributed by atoms with van der Waals surface area (Å²) < 4.78 is 33.4. The van der Waals surface area contributed by atoms with E-state index in [1.165, 1.54) is 7.11 Å². The Kier molecular flexibility index (Phi) is 6.65. The summed E-state index contributed by atoms with van der Waals surface area (Å²) in [5, 5.41) is 2.78. The number of nitrogens with zero attached hydrogens (tertiary/aromatic N) is 1. The molecular weight excluding hydrogens is 412 g/mol. The molecular formula is C24H26N2O4S. The fourth-order valence-corrected chi connectivity index (χ4v) is 4.71. The molecule has 162 valence electrons. The van der Waals surface area contributed by atoms with Crippen molar-refractivity contribution in [3.05, 3.63) is 83.4 Å². The van der Waals surface area contributed by atoms with Gasteiger partial charge in [0.2, 0.25) is 5.91 Å². The van der Waals surface area contributed by atoms with Gasteiger partial charge in [-0.1, -0.05) is 42.0 Å². The van der Waals surface area contributed by atoms with Gasteiger partial charge in [-0.3, -0.25) is 9.10 Å². The van der Waals surface area contributed by atoms with Crippen LogP contribution in [0.25, 0.3) is 0 Å². The van der Waals surface area contributed by atoms with Crippen LogP contribution in [0, 0.1) is 20.8 Å². The molecule has 6 nitrogen and oxygen atoms in total. The smallest absolute Gasteiger partial charge is 0.264 e. The lowest BCUT2D eigenvalue weighted by Crippen LogP contribution is -2.38. The second kappa shape index (κ2) is 9.22. The third-order valence-electron chi connectivity index (χ3n) is 4.91. The molecule has 0 bridgehead atoms. The zero-order valence-electron chi connectivity index (χ0n) is 18.0. The van der Waals surface area contributed by atoms with Crippen LogP contribution < -0.4 is 14.4 Å². The molecule has 0 aliphatic rings. The highest BCUT2D eigenvalue weighted by atomic mass is 32.2. The monoisotopic (exact) mass is 438 g/mol. The number of carbonyl (C=O) groups excluding carboxylic acids is 1. The number of hydrogen-bond donors (Lipinski definition) is 1. The lowest BCUT2D eigenvalue weighted by Gasteiger charge is -2.26. The lowest BCUT2D eigenvalue weighted by molar-refractivity contribution is -0.114. The zero-order chi connectivity index (χ0) is 22.6. The van der Waals surface area contributed by atoms with Gasteiger partial charge >= 0.3 is 0 Å². The first-order chi connectivity index (χ1) is 14.7. The molecule has 7 heteroatoms. The van der Waals surface area contributed by atoms with E-state index < -0.39 is 15.9 Å². The predicted octanol–water partition coefficient (Wildman–Crippen LogP) is 4.45. The number of nitrogens with one attached hydrogen (secondary N) is 1. The lowest BCUT2D eigenvalue weighted by atomic mass is 10.2. The van der Waals surface area contributed by atoms with Crippen LogP contribution in [0.3, 0.4) is 0 Å². The predicted molar refractivity (Wildman–Crippen MR) is 123 cm³/mol. The molecule has 0 spiro atoms. The fraction of sp³-hybridized carbons (Fsp3) is 0.208. The third-order valence-corrected chi connectivity index (χ3v) is 6.68. The highest BCUT2D eigenvalue weighted by Gasteiger charge is 2.28. The number of carbonyl (C=O) groups is 1. The largest absolute Gasteiger partial charge is 0.495 e. The van der Waals surface area contributed by atoms with Crippen molar-refractivity contribution < 1.29 is 17.9 Å². The van der Waals surface area contributed by atoms with Crippen LogP contribution in [0.4, 0.5) is 11.4 Å². The molecule has 0 unspecified atom stereocenters. The molecule has 3 rings (SSSR count). The van der Waals surface area contributed by atoms with Crippen molar-refractivity contribution in [3.8, 4) is 5.75 Å². The molecule has 3 aromatic carbocycles. The van der Waals surface area contributed by atoms with Gasteiger partial charge in [-0.15, -0.1) is 0 Å². The van der Waals surface area contributed by atoms with Crippen molar-refractivity contribution >= 4 is 27.3 Å². The van der Waals surface area contributed by atoms with Gasteiger partial charge in [0.1, 0.15) is 12.3 Å². The van der Waals surface area contributed by atoms with Crippen molar-refractivity contribution in [2.75, 3.05) is 23.3 Å². The Morgan fingerprint density at radius 2 is 1.58 bits per heavy atom. The molecule has 0 heterocycles. The van der Waals surface area contributed by atoms with Gasteiger partial charge in [0, 0.05) is 0 Å². The van der Waals surface area contributed by atoms with Crippen molar-refractivity contribution in [3.63, 3.8) is 0 Å². The minimum absolute atomic E-state index is 0.127. The molecule has 3 aromatic rings. The van der Waals surface area contributed by atoms with Gasteiger partial charge in [-0.2, -0.15) is 0 Å². The highest BCUT2D eigenvalue weighted by Crippen LogP contribution is 2.28. The average Bonchev–Trinajstić information content (AvgIpc) is 2.73. The summed E-state index contributed by atoms with van der Waals surface area (Å²) >= 11 is 0. The van der Waals surface area contributed by atoms with E-state index in [2.05, 4.69) is 5.32 Å². The number of rotatable bonds is 7. The number of ether oxygens (including phenoxy) is 1. The zero-order valence-corrected chi connectivity index (χ0v) is 18.9. The van der Waals surface area contributed by atoms with Gasteiger partial charge in [-0.25, -0.2) is 8.42 Å². The molecule has 0 atom stereocenters. The molecule has 1 amide bonds. The van der Waals surface area contributed by atoms with Crippen molar-refractivity contribution in [2.45, 2.75) is 25.7 Å². The quantitative estimate of drug-likeness (QED) is 0.591. The summed E-state index contributed by atoms with van der Waals surface area (Å²) in [7, 11) is -2.45. The number of methoxy groups -OCH3 is 1. The van der Waals surface area contributed by atoms with Crippen molar-refractivity contribution in [1.29, 1.82) is 0 Å².